The van der Waals surface area contributed by atoms with Gasteiger partial charge in [0.15, 0.2) is 5.82 Å². The molecule has 0 spiro atoms. The Morgan fingerprint density at radius 3 is 2.57 bits per heavy atom. The monoisotopic (exact) mass is 472 g/mol. The molecule has 0 radical (unpaired) electrons. The van der Waals surface area contributed by atoms with Crippen LogP contribution >= 0.6 is 0 Å². The van der Waals surface area contributed by atoms with Crippen molar-refractivity contribution in [2.24, 2.45) is 0 Å². The zero-order valence-corrected chi connectivity index (χ0v) is 19.0. The van der Waals surface area contributed by atoms with Crippen LogP contribution in [0.4, 0.5) is 14.6 Å². The first-order chi connectivity index (χ1) is 17.0. The molecular formula is C27H22F2N4O2. The zero-order valence-electron chi connectivity index (χ0n) is 19.0. The number of methoxy groups -OCH3 is 1. The predicted molar refractivity (Wildman–Crippen MR) is 131 cm³/mol. The quantitative estimate of drug-likeness (QED) is 0.432. The Bertz CT molecular complexity index is 1540. The second kappa shape index (κ2) is 8.07. The summed E-state index contributed by atoms with van der Waals surface area (Å²) in [6.45, 7) is 1.52. The van der Waals surface area contributed by atoms with Gasteiger partial charge in [-0.1, -0.05) is 18.1 Å². The molecule has 2 unspecified atom stereocenters. The summed E-state index contributed by atoms with van der Waals surface area (Å²) in [6.07, 6.45) is 7.80. The molecule has 6 nitrogen and oxygen atoms in total. The molecule has 1 aromatic heterocycles. The van der Waals surface area contributed by atoms with Gasteiger partial charge in [-0.2, -0.15) is 9.97 Å². The number of aromatic nitrogens is 2. The summed E-state index contributed by atoms with van der Waals surface area (Å²) in [7, 11) is 1.44. The second-order valence-corrected chi connectivity index (χ2v) is 9.06. The van der Waals surface area contributed by atoms with Gasteiger partial charge in [0.25, 0.3) is 0 Å². The van der Waals surface area contributed by atoms with E-state index < -0.39 is 11.6 Å². The number of phenols is 1. The Hall–Kier alpha value is -3.96. The molecular weight excluding hydrogens is 450 g/mol. The molecule has 8 heteroatoms. The van der Waals surface area contributed by atoms with Gasteiger partial charge in [-0.3, -0.25) is 0 Å². The molecule has 3 heterocycles. The Morgan fingerprint density at radius 1 is 1.09 bits per heavy atom. The molecule has 3 aromatic carbocycles. The van der Waals surface area contributed by atoms with Gasteiger partial charge in [0.1, 0.15) is 22.9 Å². The number of rotatable bonds is 3. The lowest BCUT2D eigenvalue weighted by Crippen LogP contribution is -2.51. The number of piperazine rings is 1. The van der Waals surface area contributed by atoms with Gasteiger partial charge in [-0.05, 0) is 48.1 Å². The van der Waals surface area contributed by atoms with E-state index in [4.69, 9.17) is 11.2 Å². The molecule has 2 aliphatic heterocycles. The highest BCUT2D eigenvalue weighted by atomic mass is 19.1. The van der Waals surface area contributed by atoms with Crippen LogP contribution in [0.3, 0.4) is 0 Å². The normalized spacial score (nSPS) is 19.3. The average Bonchev–Trinajstić information content (AvgIpc) is 3.20. The van der Waals surface area contributed by atoms with Crippen LogP contribution in [0.15, 0.2) is 36.4 Å². The van der Waals surface area contributed by atoms with Crippen molar-refractivity contribution >= 4 is 27.5 Å². The van der Waals surface area contributed by atoms with E-state index in [2.05, 4.69) is 26.1 Å². The molecule has 4 aromatic rings. The van der Waals surface area contributed by atoms with Crippen molar-refractivity contribution in [2.45, 2.75) is 24.9 Å². The molecule has 0 amide bonds. The van der Waals surface area contributed by atoms with Crippen molar-refractivity contribution < 1.29 is 18.6 Å². The maximum absolute atomic E-state index is 16.2. The van der Waals surface area contributed by atoms with E-state index in [0.717, 1.165) is 25.9 Å². The van der Waals surface area contributed by atoms with Crippen LogP contribution in [0.2, 0.25) is 0 Å². The topological polar surface area (TPSA) is 70.5 Å². The molecule has 2 saturated heterocycles. The Kier molecular flexibility index (Phi) is 4.97. The van der Waals surface area contributed by atoms with E-state index >= 15 is 4.39 Å². The molecule has 6 rings (SSSR count). The fraction of sp³-hybridized carbons (Fsp3) is 0.259. The van der Waals surface area contributed by atoms with E-state index in [-0.39, 0.29) is 34.0 Å². The number of hydrogen-bond donors (Lipinski definition) is 2. The number of benzene rings is 3. The van der Waals surface area contributed by atoms with Crippen LogP contribution in [0.1, 0.15) is 18.4 Å². The SMILES string of the molecule is C#Cc1c(F)ccc2cc(O)cc(-c3ccc4c(N5CC6CCC(C5)N6)nc(OC)nc4c3F)c12. The van der Waals surface area contributed by atoms with Gasteiger partial charge in [0.2, 0.25) is 0 Å². The van der Waals surface area contributed by atoms with Crippen LogP contribution in [0.25, 0.3) is 32.8 Å². The summed E-state index contributed by atoms with van der Waals surface area (Å²) >= 11 is 0. The van der Waals surface area contributed by atoms with E-state index in [9.17, 15) is 9.50 Å². The molecule has 2 fully saturated rings. The van der Waals surface area contributed by atoms with Crippen LogP contribution in [-0.4, -0.2) is 47.4 Å². The van der Waals surface area contributed by atoms with Crippen LogP contribution < -0.4 is 15.0 Å². The smallest absolute Gasteiger partial charge is 0.318 e. The molecule has 0 saturated carbocycles. The van der Waals surface area contributed by atoms with Gasteiger partial charge in [0.05, 0.1) is 12.7 Å². The number of nitrogens with zero attached hydrogens (tertiary/aromatic N) is 3. The van der Waals surface area contributed by atoms with Crippen LogP contribution in [0.5, 0.6) is 11.8 Å². The summed E-state index contributed by atoms with van der Waals surface area (Å²) in [5.74, 6) is 1.69. The molecule has 2 atom stereocenters. The van der Waals surface area contributed by atoms with Crippen molar-refractivity contribution in [2.75, 3.05) is 25.1 Å². The van der Waals surface area contributed by atoms with Crippen molar-refractivity contribution in [3.8, 4) is 35.2 Å². The molecule has 0 aliphatic carbocycles. The third-order valence-corrected chi connectivity index (χ3v) is 6.95. The van der Waals surface area contributed by atoms with E-state index in [1.807, 2.05) is 0 Å². The highest BCUT2D eigenvalue weighted by molar-refractivity contribution is 6.04. The van der Waals surface area contributed by atoms with Crippen molar-refractivity contribution in [3.63, 3.8) is 0 Å². The van der Waals surface area contributed by atoms with Gasteiger partial charge >= 0.3 is 6.01 Å². The van der Waals surface area contributed by atoms with Gasteiger partial charge in [-0.15, -0.1) is 6.42 Å². The van der Waals surface area contributed by atoms with Gasteiger partial charge in [0, 0.05) is 41.5 Å². The third kappa shape index (κ3) is 3.43. The Morgan fingerprint density at radius 2 is 1.86 bits per heavy atom. The number of anilines is 1. The van der Waals surface area contributed by atoms with Gasteiger partial charge in [-0.25, -0.2) is 8.78 Å². The fourth-order valence-corrected chi connectivity index (χ4v) is 5.41. The average molecular weight is 472 g/mol. The highest BCUT2D eigenvalue weighted by Gasteiger charge is 2.34. The van der Waals surface area contributed by atoms with Crippen molar-refractivity contribution in [3.05, 3.63) is 53.6 Å². The summed E-state index contributed by atoms with van der Waals surface area (Å²) in [4.78, 5) is 11.0. The molecule has 176 valence electrons. The molecule has 2 bridgehead atoms. The first kappa shape index (κ1) is 21.6. The van der Waals surface area contributed by atoms with E-state index in [0.29, 0.717) is 34.1 Å². The first-order valence-corrected chi connectivity index (χ1v) is 11.4. The largest absolute Gasteiger partial charge is 0.508 e. The summed E-state index contributed by atoms with van der Waals surface area (Å²) in [5, 5.41) is 15.3. The maximum Gasteiger partial charge on any atom is 0.318 e. The molecule has 2 N–H and O–H groups in total. The summed E-state index contributed by atoms with van der Waals surface area (Å²) in [6, 6.07) is 9.77. The Balaban J connectivity index is 1.59. The first-order valence-electron chi connectivity index (χ1n) is 11.4. The number of halogens is 2. The predicted octanol–water partition coefficient (Wildman–Crippen LogP) is 4.36. The van der Waals surface area contributed by atoms with Crippen LogP contribution in [-0.2, 0) is 0 Å². The van der Waals surface area contributed by atoms with Crippen molar-refractivity contribution in [1.29, 1.82) is 0 Å². The number of fused-ring (bicyclic) bond motifs is 4. The standard InChI is InChI=1S/C27H22F2N4O2/c1-3-18-22(28)9-4-14-10-17(34)11-21(23(14)18)19-7-8-20-25(24(19)29)31-27(35-2)32-26(20)33-12-15-5-6-16(13-33)30-15/h1,4,7-11,15-16,30,34H,5-6,12-13H2,2H3. The van der Waals surface area contributed by atoms with Crippen LogP contribution in [0, 0.1) is 24.0 Å². The number of nitrogens with one attached hydrogen (secondary N) is 1. The fourth-order valence-electron chi connectivity index (χ4n) is 5.41. The highest BCUT2D eigenvalue weighted by Crippen LogP contribution is 2.40. The van der Waals surface area contributed by atoms with Crippen molar-refractivity contribution in [1.82, 2.24) is 15.3 Å². The maximum atomic E-state index is 16.2. The van der Waals surface area contributed by atoms with E-state index in [1.165, 1.54) is 31.4 Å². The third-order valence-electron chi connectivity index (χ3n) is 6.95. The lowest BCUT2D eigenvalue weighted by molar-refractivity contribution is 0.380. The molecule has 35 heavy (non-hydrogen) atoms. The zero-order chi connectivity index (χ0) is 24.3. The summed E-state index contributed by atoms with van der Waals surface area (Å²) in [5.41, 5.74) is 0.526. The number of terminal acetylenes is 1. The number of aromatic hydroxyl groups is 1. The minimum atomic E-state index is -0.623. The Labute approximate surface area is 200 Å². The minimum Gasteiger partial charge on any atom is -0.508 e. The second-order valence-electron chi connectivity index (χ2n) is 9.06. The van der Waals surface area contributed by atoms with E-state index in [1.54, 1.807) is 12.1 Å². The lowest BCUT2D eigenvalue weighted by Gasteiger charge is -2.34. The molecule has 2 aliphatic rings. The van der Waals surface area contributed by atoms with Gasteiger partial charge < -0.3 is 20.1 Å². The lowest BCUT2D eigenvalue weighted by atomic mass is 9.93. The minimum absolute atomic E-state index is 0.00856. The number of ether oxygens (including phenoxy) is 1. The number of hydrogen-bond acceptors (Lipinski definition) is 6. The number of phenolic OH excluding ortho intramolecular Hbond substituents is 1. The summed E-state index contributed by atoms with van der Waals surface area (Å²) < 4.78 is 36.0.